The van der Waals surface area contributed by atoms with E-state index in [4.69, 9.17) is 9.47 Å². The van der Waals surface area contributed by atoms with Gasteiger partial charge < -0.3 is 19.9 Å². The van der Waals surface area contributed by atoms with Gasteiger partial charge in [0.1, 0.15) is 17.7 Å². The third-order valence-electron chi connectivity index (χ3n) is 8.61. The van der Waals surface area contributed by atoms with Crippen LogP contribution in [0.25, 0.3) is 0 Å². The van der Waals surface area contributed by atoms with Crippen LogP contribution in [0, 0.1) is 23.6 Å². The molecule has 2 unspecified atom stereocenters. The molecule has 2 N–H and O–H groups in total. The van der Waals surface area contributed by atoms with E-state index < -0.39 is 17.2 Å². The topological polar surface area (TPSA) is 84.9 Å². The van der Waals surface area contributed by atoms with Gasteiger partial charge in [-0.25, -0.2) is 4.39 Å². The maximum Gasteiger partial charge on any atom is 0.255 e. The van der Waals surface area contributed by atoms with Crippen LogP contribution in [0.15, 0.2) is 42.5 Å². The summed E-state index contributed by atoms with van der Waals surface area (Å²) in [6, 6.07) is 10.7. The molecule has 1 saturated heterocycles. The molecule has 4 saturated carbocycles. The Bertz CT molecular complexity index is 1160. The number of ether oxygens (including phenoxy) is 2. The van der Waals surface area contributed by atoms with Crippen molar-refractivity contribution in [3.8, 4) is 5.75 Å². The summed E-state index contributed by atoms with van der Waals surface area (Å²) in [5.41, 5.74) is 0.0666. The van der Waals surface area contributed by atoms with Gasteiger partial charge >= 0.3 is 0 Å². The fourth-order valence-corrected chi connectivity index (χ4v) is 7.17. The highest BCUT2D eigenvalue weighted by atomic mass is 19.1. The second kappa shape index (κ2) is 9.27. The fourth-order valence-electron chi connectivity index (χ4n) is 7.17. The largest absolute Gasteiger partial charge is 0.489 e. The quantitative estimate of drug-likeness (QED) is 0.587. The van der Waals surface area contributed by atoms with Gasteiger partial charge in [-0.2, -0.15) is 0 Å². The Balaban J connectivity index is 1.27. The molecular weight excluding hydrogens is 461 g/mol. The molecule has 1 amide bonds. The first-order valence-electron chi connectivity index (χ1n) is 13.1. The Morgan fingerprint density at radius 1 is 1.00 bits per heavy atom. The zero-order valence-corrected chi connectivity index (χ0v) is 20.3. The Hall–Kier alpha value is -2.77. The van der Waals surface area contributed by atoms with Crippen molar-refractivity contribution in [3.05, 3.63) is 65.0 Å². The Kier molecular flexibility index (Phi) is 6.08. The number of rotatable bonds is 6. The number of nitrogens with one attached hydrogen (secondary N) is 1. The minimum absolute atomic E-state index is 0.0155. The highest BCUT2D eigenvalue weighted by molar-refractivity contribution is 6.10. The van der Waals surface area contributed by atoms with E-state index >= 15 is 0 Å². The normalized spacial score (nSPS) is 31.3. The molecule has 36 heavy (non-hydrogen) atoms. The molecule has 2 aromatic carbocycles. The van der Waals surface area contributed by atoms with Gasteiger partial charge in [-0.1, -0.05) is 12.1 Å². The van der Waals surface area contributed by atoms with Crippen LogP contribution >= 0.6 is 0 Å². The third-order valence-corrected chi connectivity index (χ3v) is 8.61. The van der Waals surface area contributed by atoms with E-state index in [1.807, 2.05) is 0 Å². The molecule has 5 aliphatic rings. The number of hydrogen-bond acceptors (Lipinski definition) is 5. The standard InChI is InChI=1S/C29H32FNO5/c30-24-4-2-1-3-22(24)27(32)18-5-6-23(25(13-18)36-21-7-9-35-10-8-21)28(33)31-26-19-11-17-12-20(26)16-29(34,14-17)15-19/h1-6,13,17,19-21,26,34H,7-12,14-16H2,(H,31,33)/t17?,19?,20?,26-,29-. The van der Waals surface area contributed by atoms with Crippen molar-refractivity contribution in [3.63, 3.8) is 0 Å². The Morgan fingerprint density at radius 2 is 1.72 bits per heavy atom. The van der Waals surface area contributed by atoms with Crippen LogP contribution in [0.3, 0.4) is 0 Å². The van der Waals surface area contributed by atoms with Gasteiger partial charge in [-0.05, 0) is 80.2 Å². The van der Waals surface area contributed by atoms with Crippen molar-refractivity contribution >= 4 is 11.7 Å². The predicted octanol–water partition coefficient (Wildman–Crippen LogP) is 4.28. The van der Waals surface area contributed by atoms with Gasteiger partial charge in [0, 0.05) is 24.4 Å². The summed E-state index contributed by atoms with van der Waals surface area (Å²) < 4.78 is 26.0. The van der Waals surface area contributed by atoms with Crippen LogP contribution in [-0.4, -0.2) is 47.8 Å². The van der Waals surface area contributed by atoms with Crippen molar-refractivity contribution in [2.45, 2.75) is 62.7 Å². The Morgan fingerprint density at radius 3 is 2.42 bits per heavy atom. The highest BCUT2D eigenvalue weighted by Gasteiger charge is 2.55. The molecule has 2 atom stereocenters. The van der Waals surface area contributed by atoms with Crippen LogP contribution in [0.1, 0.15) is 71.2 Å². The second-order valence-corrected chi connectivity index (χ2v) is 11.1. The molecule has 7 heteroatoms. The van der Waals surface area contributed by atoms with Gasteiger partial charge in [0.2, 0.25) is 0 Å². The van der Waals surface area contributed by atoms with Gasteiger partial charge in [0.25, 0.3) is 5.91 Å². The summed E-state index contributed by atoms with van der Waals surface area (Å²) in [6.45, 7) is 1.16. The van der Waals surface area contributed by atoms with E-state index in [2.05, 4.69) is 5.32 Å². The maximum atomic E-state index is 14.3. The molecule has 0 spiro atoms. The summed E-state index contributed by atoms with van der Waals surface area (Å²) in [5.74, 6) is 0.192. The molecule has 0 aromatic heterocycles. The summed E-state index contributed by atoms with van der Waals surface area (Å²) in [4.78, 5) is 26.6. The number of halogens is 1. The second-order valence-electron chi connectivity index (χ2n) is 11.1. The predicted molar refractivity (Wildman–Crippen MR) is 131 cm³/mol. The van der Waals surface area contributed by atoms with Crippen LogP contribution in [0.5, 0.6) is 5.75 Å². The smallest absolute Gasteiger partial charge is 0.255 e. The Labute approximate surface area is 210 Å². The molecular formula is C29H32FNO5. The van der Waals surface area contributed by atoms with E-state index in [0.29, 0.717) is 43.3 Å². The lowest BCUT2D eigenvalue weighted by Gasteiger charge is -2.58. The number of benzene rings is 2. The molecule has 1 heterocycles. The van der Waals surface area contributed by atoms with Crippen molar-refractivity contribution < 1.29 is 28.6 Å². The van der Waals surface area contributed by atoms with Crippen LogP contribution in [0.2, 0.25) is 0 Å². The SMILES string of the molecule is O=C(c1ccc(C(=O)N[C@H]2C3CC4CC2C[C@](O)(C4)C3)c(OC2CCOCC2)c1)c1ccccc1F. The van der Waals surface area contributed by atoms with Gasteiger partial charge in [-0.15, -0.1) is 0 Å². The van der Waals surface area contributed by atoms with Crippen molar-refractivity contribution in [1.29, 1.82) is 0 Å². The number of hydrogen-bond donors (Lipinski definition) is 2. The lowest BCUT2D eigenvalue weighted by Crippen LogP contribution is -2.61. The first-order chi connectivity index (χ1) is 17.4. The lowest BCUT2D eigenvalue weighted by atomic mass is 9.52. The van der Waals surface area contributed by atoms with Gasteiger partial charge in [-0.3, -0.25) is 9.59 Å². The van der Waals surface area contributed by atoms with E-state index in [-0.39, 0.29) is 41.0 Å². The minimum atomic E-state index is -0.584. The zero-order valence-electron chi connectivity index (χ0n) is 20.3. The van der Waals surface area contributed by atoms with Gasteiger partial charge in [0.05, 0.1) is 29.9 Å². The van der Waals surface area contributed by atoms with Crippen molar-refractivity contribution in [2.75, 3.05) is 13.2 Å². The fraction of sp³-hybridized carbons (Fsp3) is 0.517. The first-order valence-corrected chi connectivity index (χ1v) is 13.1. The van der Waals surface area contributed by atoms with Crippen molar-refractivity contribution in [1.82, 2.24) is 5.32 Å². The van der Waals surface area contributed by atoms with Crippen LogP contribution in [-0.2, 0) is 4.74 Å². The molecule has 7 rings (SSSR count). The highest BCUT2D eigenvalue weighted by Crippen LogP contribution is 2.55. The van der Waals surface area contributed by atoms with Crippen molar-refractivity contribution in [2.24, 2.45) is 17.8 Å². The molecule has 5 fully saturated rings. The summed E-state index contributed by atoms with van der Waals surface area (Å²) in [7, 11) is 0. The number of amides is 1. The van der Waals surface area contributed by atoms with E-state index in [1.165, 1.54) is 12.1 Å². The molecule has 2 aromatic rings. The third kappa shape index (κ3) is 4.43. The zero-order chi connectivity index (χ0) is 24.9. The molecule has 4 bridgehead atoms. The maximum absolute atomic E-state index is 14.3. The summed E-state index contributed by atoms with van der Waals surface area (Å²) >= 11 is 0. The van der Waals surface area contributed by atoms with Crippen LogP contribution < -0.4 is 10.1 Å². The molecule has 0 radical (unpaired) electrons. The average Bonchev–Trinajstić information content (AvgIpc) is 2.85. The first kappa shape index (κ1) is 23.6. The number of aliphatic hydroxyl groups is 1. The van der Waals surface area contributed by atoms with Gasteiger partial charge in [0.15, 0.2) is 5.78 Å². The van der Waals surface area contributed by atoms with Crippen LogP contribution in [0.4, 0.5) is 4.39 Å². The number of carbonyl (C=O) groups excluding carboxylic acids is 2. The molecule has 4 aliphatic carbocycles. The lowest BCUT2D eigenvalue weighted by molar-refractivity contribution is -0.136. The summed E-state index contributed by atoms with van der Waals surface area (Å²) in [6.07, 6.45) is 5.73. The monoisotopic (exact) mass is 493 g/mol. The van der Waals surface area contributed by atoms with E-state index in [0.717, 1.165) is 32.1 Å². The number of ketones is 1. The van der Waals surface area contributed by atoms with E-state index in [9.17, 15) is 19.1 Å². The van der Waals surface area contributed by atoms with E-state index in [1.54, 1.807) is 30.3 Å². The number of carbonyl (C=O) groups is 2. The molecule has 1 aliphatic heterocycles. The molecule has 6 nitrogen and oxygen atoms in total. The summed E-state index contributed by atoms with van der Waals surface area (Å²) in [5, 5.41) is 14.2. The minimum Gasteiger partial charge on any atom is -0.489 e. The average molecular weight is 494 g/mol. The molecule has 190 valence electrons.